The van der Waals surface area contributed by atoms with E-state index >= 15 is 0 Å². The van der Waals surface area contributed by atoms with Crippen molar-refractivity contribution in [3.05, 3.63) is 35.4 Å². The number of ether oxygens (including phenoxy) is 1. The van der Waals surface area contributed by atoms with Gasteiger partial charge in [0.05, 0.1) is 18.2 Å². The predicted molar refractivity (Wildman–Crippen MR) is 71.3 cm³/mol. The SMILES string of the molecule is CCN[C@H]1CCOC[C@H]1Cc1ccc(C#N)cc1. The zero-order chi connectivity index (χ0) is 12.8. The lowest BCUT2D eigenvalue weighted by molar-refractivity contribution is 0.0327. The fourth-order valence-corrected chi connectivity index (χ4v) is 2.55. The number of hydrogen-bond acceptors (Lipinski definition) is 3. The van der Waals surface area contributed by atoms with Crippen molar-refractivity contribution in [3.63, 3.8) is 0 Å². The Morgan fingerprint density at radius 2 is 2.17 bits per heavy atom. The Kier molecular flexibility index (Phi) is 4.74. The first-order chi connectivity index (χ1) is 8.83. The third kappa shape index (κ3) is 3.32. The first-order valence-electron chi connectivity index (χ1n) is 6.63. The fraction of sp³-hybridized carbons (Fsp3) is 0.533. The van der Waals surface area contributed by atoms with Gasteiger partial charge in [0.2, 0.25) is 0 Å². The van der Waals surface area contributed by atoms with Gasteiger partial charge in [0.15, 0.2) is 0 Å². The van der Waals surface area contributed by atoms with Crippen LogP contribution >= 0.6 is 0 Å². The number of nitrogens with zero attached hydrogens (tertiary/aromatic N) is 1. The molecule has 1 N–H and O–H groups in total. The van der Waals surface area contributed by atoms with E-state index in [4.69, 9.17) is 10.00 Å². The van der Waals surface area contributed by atoms with E-state index in [1.807, 2.05) is 12.1 Å². The summed E-state index contributed by atoms with van der Waals surface area (Å²) in [5.41, 5.74) is 2.01. The lowest BCUT2D eigenvalue weighted by Crippen LogP contribution is -2.43. The monoisotopic (exact) mass is 244 g/mol. The topological polar surface area (TPSA) is 45.0 Å². The smallest absolute Gasteiger partial charge is 0.0991 e. The molecule has 0 radical (unpaired) electrons. The Hall–Kier alpha value is -1.37. The Labute approximate surface area is 109 Å². The van der Waals surface area contributed by atoms with Crippen molar-refractivity contribution in [2.24, 2.45) is 5.92 Å². The lowest BCUT2D eigenvalue weighted by atomic mass is 9.89. The van der Waals surface area contributed by atoms with Crippen molar-refractivity contribution in [2.45, 2.75) is 25.8 Å². The molecule has 3 nitrogen and oxygen atoms in total. The van der Waals surface area contributed by atoms with Crippen LogP contribution in [0.1, 0.15) is 24.5 Å². The first kappa shape index (κ1) is 13.1. The van der Waals surface area contributed by atoms with E-state index in [-0.39, 0.29) is 0 Å². The summed E-state index contributed by atoms with van der Waals surface area (Å²) < 4.78 is 5.58. The van der Waals surface area contributed by atoms with Crippen molar-refractivity contribution in [3.8, 4) is 6.07 Å². The van der Waals surface area contributed by atoms with Crippen LogP contribution in [0, 0.1) is 17.2 Å². The number of hydrogen-bond donors (Lipinski definition) is 1. The molecule has 2 atom stereocenters. The number of rotatable bonds is 4. The Balaban J connectivity index is 1.99. The highest BCUT2D eigenvalue weighted by Gasteiger charge is 2.24. The normalized spacial score (nSPS) is 23.6. The number of nitrogens with one attached hydrogen (secondary N) is 1. The highest BCUT2D eigenvalue weighted by Crippen LogP contribution is 2.20. The van der Waals surface area contributed by atoms with Crippen LogP contribution in [-0.2, 0) is 11.2 Å². The molecule has 0 aromatic heterocycles. The van der Waals surface area contributed by atoms with Crippen LogP contribution in [0.4, 0.5) is 0 Å². The Bertz CT molecular complexity index is 405. The summed E-state index contributed by atoms with van der Waals surface area (Å²) in [6, 6.07) is 10.6. The van der Waals surface area contributed by atoms with Crippen molar-refractivity contribution >= 4 is 0 Å². The minimum absolute atomic E-state index is 0.534. The average Bonchev–Trinajstić information content (AvgIpc) is 2.42. The van der Waals surface area contributed by atoms with E-state index in [9.17, 15) is 0 Å². The molecule has 0 bridgehead atoms. The summed E-state index contributed by atoms with van der Waals surface area (Å²) in [5, 5.41) is 12.3. The van der Waals surface area contributed by atoms with Crippen LogP contribution < -0.4 is 5.32 Å². The minimum Gasteiger partial charge on any atom is -0.381 e. The van der Waals surface area contributed by atoms with Crippen LogP contribution in [0.3, 0.4) is 0 Å². The molecule has 1 aliphatic heterocycles. The quantitative estimate of drug-likeness (QED) is 0.882. The summed E-state index contributed by atoms with van der Waals surface area (Å²) in [4.78, 5) is 0. The third-order valence-corrected chi connectivity index (χ3v) is 3.52. The summed E-state index contributed by atoms with van der Waals surface area (Å²) in [5.74, 6) is 0.534. The van der Waals surface area contributed by atoms with Gasteiger partial charge in [0.25, 0.3) is 0 Å². The van der Waals surface area contributed by atoms with Crippen molar-refractivity contribution < 1.29 is 4.74 Å². The average molecular weight is 244 g/mol. The second-order valence-electron chi connectivity index (χ2n) is 4.80. The molecule has 96 valence electrons. The van der Waals surface area contributed by atoms with Crippen LogP contribution in [0.2, 0.25) is 0 Å². The molecule has 18 heavy (non-hydrogen) atoms. The van der Waals surface area contributed by atoms with Crippen LogP contribution in [0.15, 0.2) is 24.3 Å². The van der Waals surface area contributed by atoms with Gasteiger partial charge in [0, 0.05) is 18.6 Å². The zero-order valence-electron chi connectivity index (χ0n) is 10.9. The van der Waals surface area contributed by atoms with Gasteiger partial charge in [-0.1, -0.05) is 19.1 Å². The van der Waals surface area contributed by atoms with Crippen molar-refractivity contribution in [1.82, 2.24) is 5.32 Å². The molecule has 1 heterocycles. The molecule has 0 amide bonds. The summed E-state index contributed by atoms with van der Waals surface area (Å²) in [6.45, 7) is 4.85. The second kappa shape index (κ2) is 6.53. The molecule has 1 aliphatic rings. The first-order valence-corrected chi connectivity index (χ1v) is 6.63. The molecule has 0 saturated carbocycles. The number of benzene rings is 1. The fourth-order valence-electron chi connectivity index (χ4n) is 2.55. The van der Waals surface area contributed by atoms with E-state index in [1.165, 1.54) is 5.56 Å². The van der Waals surface area contributed by atoms with Gasteiger partial charge in [-0.25, -0.2) is 0 Å². The van der Waals surface area contributed by atoms with Gasteiger partial charge in [-0.3, -0.25) is 0 Å². The van der Waals surface area contributed by atoms with Gasteiger partial charge < -0.3 is 10.1 Å². The maximum atomic E-state index is 8.78. The van der Waals surface area contributed by atoms with Gasteiger partial charge >= 0.3 is 0 Å². The molecular formula is C15H20N2O. The van der Waals surface area contributed by atoms with Crippen LogP contribution in [0.25, 0.3) is 0 Å². The van der Waals surface area contributed by atoms with E-state index in [0.29, 0.717) is 12.0 Å². The largest absolute Gasteiger partial charge is 0.381 e. The summed E-state index contributed by atoms with van der Waals surface area (Å²) in [7, 11) is 0. The predicted octanol–water partition coefficient (Wildman–Crippen LogP) is 2.12. The van der Waals surface area contributed by atoms with Crippen LogP contribution in [-0.4, -0.2) is 25.8 Å². The molecule has 1 aromatic carbocycles. The highest BCUT2D eigenvalue weighted by molar-refractivity contribution is 5.31. The van der Waals surface area contributed by atoms with E-state index in [0.717, 1.165) is 38.2 Å². The maximum absolute atomic E-state index is 8.78. The molecule has 1 saturated heterocycles. The van der Waals surface area contributed by atoms with Crippen LogP contribution in [0.5, 0.6) is 0 Å². The second-order valence-corrected chi connectivity index (χ2v) is 4.80. The molecule has 0 spiro atoms. The Morgan fingerprint density at radius 3 is 2.83 bits per heavy atom. The maximum Gasteiger partial charge on any atom is 0.0991 e. The van der Waals surface area contributed by atoms with E-state index < -0.39 is 0 Å². The highest BCUT2D eigenvalue weighted by atomic mass is 16.5. The molecule has 0 aliphatic carbocycles. The molecule has 1 fully saturated rings. The zero-order valence-corrected chi connectivity index (χ0v) is 10.9. The number of nitriles is 1. The van der Waals surface area contributed by atoms with E-state index in [2.05, 4.69) is 30.4 Å². The Morgan fingerprint density at radius 1 is 1.39 bits per heavy atom. The summed E-state index contributed by atoms with van der Waals surface area (Å²) in [6.07, 6.45) is 2.11. The van der Waals surface area contributed by atoms with Gasteiger partial charge in [-0.2, -0.15) is 5.26 Å². The lowest BCUT2D eigenvalue weighted by Gasteiger charge is -2.32. The van der Waals surface area contributed by atoms with Crippen molar-refractivity contribution in [1.29, 1.82) is 5.26 Å². The molecule has 1 aromatic rings. The van der Waals surface area contributed by atoms with Gasteiger partial charge in [-0.05, 0) is 37.1 Å². The van der Waals surface area contributed by atoms with E-state index in [1.54, 1.807) is 0 Å². The minimum atomic E-state index is 0.534. The van der Waals surface area contributed by atoms with Crippen molar-refractivity contribution in [2.75, 3.05) is 19.8 Å². The summed E-state index contributed by atoms with van der Waals surface area (Å²) >= 11 is 0. The van der Waals surface area contributed by atoms with Gasteiger partial charge in [-0.15, -0.1) is 0 Å². The standard InChI is InChI=1S/C15H20N2O/c1-2-17-15-7-8-18-11-14(15)9-12-3-5-13(10-16)6-4-12/h3-6,14-15,17H,2,7-9,11H2,1H3/t14-,15+/m1/s1. The molecule has 2 rings (SSSR count). The van der Waals surface area contributed by atoms with Gasteiger partial charge in [0.1, 0.15) is 0 Å². The molecule has 0 unspecified atom stereocenters. The molecular weight excluding hydrogens is 224 g/mol. The third-order valence-electron chi connectivity index (χ3n) is 3.52. The molecule has 3 heteroatoms.